The van der Waals surface area contributed by atoms with E-state index in [0.717, 1.165) is 39.2 Å². The van der Waals surface area contributed by atoms with Gasteiger partial charge in [0.15, 0.2) is 0 Å². The second-order valence-electron chi connectivity index (χ2n) is 7.08. The van der Waals surface area contributed by atoms with E-state index in [1.807, 2.05) is 37.5 Å². The number of aryl methyl sites for hydroxylation is 1. The smallest absolute Gasteiger partial charge is 0.218 e. The summed E-state index contributed by atoms with van der Waals surface area (Å²) >= 11 is 0. The maximum Gasteiger partial charge on any atom is 0.218 e. The molecule has 4 aromatic rings. The van der Waals surface area contributed by atoms with Gasteiger partial charge in [-0.3, -0.25) is 0 Å². The van der Waals surface area contributed by atoms with Crippen molar-refractivity contribution in [3.63, 3.8) is 0 Å². The number of fused-ring (bicyclic) bond motifs is 1. The van der Waals surface area contributed by atoms with Crippen LogP contribution in [0.3, 0.4) is 0 Å². The van der Waals surface area contributed by atoms with Crippen molar-refractivity contribution in [2.24, 2.45) is 0 Å². The normalized spacial score (nSPS) is 10.9. The standard InChI is InChI=1S/C23H23FN4O2/c1-14-8-19-16(12-27-23(19)26-11-14)9-15-4-7-21(28-22(15)24)25-13-17-10-18(29-2)5-6-20(17)30-3/h4-8,10-12H,9,13H2,1-3H3,(H,25,28)(H,26,27). The molecule has 3 aromatic heterocycles. The number of pyridine rings is 2. The average molecular weight is 406 g/mol. The minimum atomic E-state index is -0.493. The summed E-state index contributed by atoms with van der Waals surface area (Å²) in [5, 5.41) is 4.15. The van der Waals surface area contributed by atoms with E-state index in [4.69, 9.17) is 9.47 Å². The molecule has 1 aromatic carbocycles. The molecule has 0 atom stereocenters. The number of aromatic amines is 1. The van der Waals surface area contributed by atoms with Gasteiger partial charge >= 0.3 is 0 Å². The molecule has 154 valence electrons. The van der Waals surface area contributed by atoms with Crippen molar-refractivity contribution in [3.8, 4) is 11.5 Å². The van der Waals surface area contributed by atoms with Gasteiger partial charge in [0, 0.05) is 41.9 Å². The highest BCUT2D eigenvalue weighted by Gasteiger charge is 2.12. The van der Waals surface area contributed by atoms with Gasteiger partial charge in [-0.2, -0.15) is 4.39 Å². The Labute approximate surface area is 174 Å². The third-order valence-corrected chi connectivity index (χ3v) is 5.01. The number of rotatable bonds is 7. The molecule has 0 radical (unpaired) electrons. The molecule has 7 heteroatoms. The number of anilines is 1. The van der Waals surface area contributed by atoms with Crippen molar-refractivity contribution in [1.82, 2.24) is 15.0 Å². The van der Waals surface area contributed by atoms with E-state index in [1.165, 1.54) is 0 Å². The number of methoxy groups -OCH3 is 2. The zero-order valence-corrected chi connectivity index (χ0v) is 17.1. The van der Waals surface area contributed by atoms with Gasteiger partial charge in [0.2, 0.25) is 5.95 Å². The summed E-state index contributed by atoms with van der Waals surface area (Å²) in [5.74, 6) is 1.42. The van der Waals surface area contributed by atoms with Crippen molar-refractivity contribution in [1.29, 1.82) is 0 Å². The SMILES string of the molecule is COc1ccc(OC)c(CNc2ccc(Cc3c[nH]c4ncc(C)cc34)c(F)n2)c1. The van der Waals surface area contributed by atoms with Crippen LogP contribution < -0.4 is 14.8 Å². The zero-order valence-electron chi connectivity index (χ0n) is 17.1. The maximum atomic E-state index is 14.7. The molecule has 0 saturated carbocycles. The lowest BCUT2D eigenvalue weighted by Gasteiger charge is -2.12. The van der Waals surface area contributed by atoms with Crippen molar-refractivity contribution in [3.05, 3.63) is 77.0 Å². The molecular weight excluding hydrogens is 383 g/mol. The Balaban J connectivity index is 1.50. The van der Waals surface area contributed by atoms with Crippen LogP contribution in [0, 0.1) is 12.9 Å². The van der Waals surface area contributed by atoms with Gasteiger partial charge in [-0.15, -0.1) is 0 Å². The van der Waals surface area contributed by atoms with Crippen LogP contribution in [0.1, 0.15) is 22.3 Å². The minimum Gasteiger partial charge on any atom is -0.497 e. The monoisotopic (exact) mass is 406 g/mol. The summed E-state index contributed by atoms with van der Waals surface area (Å²) in [6.07, 6.45) is 4.12. The number of H-pyrrole nitrogens is 1. The van der Waals surface area contributed by atoms with Crippen molar-refractivity contribution < 1.29 is 13.9 Å². The van der Waals surface area contributed by atoms with E-state index in [9.17, 15) is 4.39 Å². The first-order valence-electron chi connectivity index (χ1n) is 9.60. The first kappa shape index (κ1) is 19.7. The number of nitrogens with zero attached hydrogens (tertiary/aromatic N) is 2. The van der Waals surface area contributed by atoms with Gasteiger partial charge < -0.3 is 19.8 Å². The molecule has 2 N–H and O–H groups in total. The van der Waals surface area contributed by atoms with Crippen LogP contribution in [0.2, 0.25) is 0 Å². The highest BCUT2D eigenvalue weighted by atomic mass is 19.1. The number of benzene rings is 1. The largest absolute Gasteiger partial charge is 0.497 e. The molecular formula is C23H23FN4O2. The fourth-order valence-electron chi connectivity index (χ4n) is 3.41. The molecule has 0 aliphatic carbocycles. The Morgan fingerprint density at radius 1 is 1.03 bits per heavy atom. The Kier molecular flexibility index (Phi) is 5.52. The van der Waals surface area contributed by atoms with E-state index >= 15 is 0 Å². The summed E-state index contributed by atoms with van der Waals surface area (Å²) in [4.78, 5) is 11.6. The predicted octanol–water partition coefficient (Wildman–Crippen LogP) is 4.63. The van der Waals surface area contributed by atoms with Gasteiger partial charge in [0.05, 0.1) is 14.2 Å². The molecule has 0 aliphatic heterocycles. The van der Waals surface area contributed by atoms with Crippen LogP contribution in [-0.4, -0.2) is 29.2 Å². The van der Waals surface area contributed by atoms with Crippen LogP contribution in [0.25, 0.3) is 11.0 Å². The minimum absolute atomic E-state index is 0.430. The van der Waals surface area contributed by atoms with Crippen LogP contribution in [0.4, 0.5) is 10.2 Å². The number of halogens is 1. The van der Waals surface area contributed by atoms with Gasteiger partial charge in [-0.05, 0) is 48.4 Å². The molecule has 0 unspecified atom stereocenters. The molecule has 30 heavy (non-hydrogen) atoms. The van der Waals surface area contributed by atoms with Crippen LogP contribution in [0.5, 0.6) is 11.5 Å². The van der Waals surface area contributed by atoms with Gasteiger partial charge in [-0.25, -0.2) is 9.97 Å². The molecule has 3 heterocycles. The summed E-state index contributed by atoms with van der Waals surface area (Å²) in [6.45, 7) is 2.42. The third kappa shape index (κ3) is 4.05. The number of ether oxygens (including phenoxy) is 2. The summed E-state index contributed by atoms with van der Waals surface area (Å²) in [5.41, 5.74) is 4.28. The number of aromatic nitrogens is 3. The maximum absolute atomic E-state index is 14.7. The Bertz CT molecular complexity index is 1190. The van der Waals surface area contributed by atoms with Crippen molar-refractivity contribution in [2.45, 2.75) is 19.9 Å². The molecule has 0 amide bonds. The average Bonchev–Trinajstić information content (AvgIpc) is 3.15. The lowest BCUT2D eigenvalue weighted by molar-refractivity contribution is 0.399. The Morgan fingerprint density at radius 2 is 1.90 bits per heavy atom. The van der Waals surface area contributed by atoms with E-state index in [2.05, 4.69) is 26.3 Å². The topological polar surface area (TPSA) is 72.1 Å². The van der Waals surface area contributed by atoms with Crippen LogP contribution >= 0.6 is 0 Å². The second-order valence-corrected chi connectivity index (χ2v) is 7.08. The number of hydrogen-bond donors (Lipinski definition) is 2. The van der Waals surface area contributed by atoms with Gasteiger partial charge in [0.25, 0.3) is 0 Å². The van der Waals surface area contributed by atoms with Crippen LogP contribution in [0.15, 0.2) is 48.8 Å². The summed E-state index contributed by atoms with van der Waals surface area (Å²) in [7, 11) is 3.22. The molecule has 0 fully saturated rings. The Morgan fingerprint density at radius 3 is 2.67 bits per heavy atom. The molecule has 0 aliphatic rings. The first-order chi connectivity index (χ1) is 14.6. The van der Waals surface area contributed by atoms with Crippen molar-refractivity contribution >= 4 is 16.9 Å². The third-order valence-electron chi connectivity index (χ3n) is 5.01. The predicted molar refractivity (Wildman–Crippen MR) is 115 cm³/mol. The zero-order chi connectivity index (χ0) is 21.1. The highest BCUT2D eigenvalue weighted by Crippen LogP contribution is 2.25. The highest BCUT2D eigenvalue weighted by molar-refractivity contribution is 5.80. The van der Waals surface area contributed by atoms with E-state index in [0.29, 0.717) is 24.3 Å². The first-order valence-corrected chi connectivity index (χ1v) is 9.60. The molecule has 6 nitrogen and oxygen atoms in total. The second kappa shape index (κ2) is 8.41. The van der Waals surface area contributed by atoms with Gasteiger partial charge in [-0.1, -0.05) is 6.07 Å². The quantitative estimate of drug-likeness (QED) is 0.438. The van der Waals surface area contributed by atoms with E-state index in [1.54, 1.807) is 26.4 Å². The molecule has 0 spiro atoms. The molecule has 0 saturated heterocycles. The van der Waals surface area contributed by atoms with Gasteiger partial charge in [0.1, 0.15) is 23.0 Å². The summed E-state index contributed by atoms with van der Waals surface area (Å²) < 4.78 is 25.3. The van der Waals surface area contributed by atoms with E-state index in [-0.39, 0.29) is 0 Å². The Hall–Kier alpha value is -3.61. The fourth-order valence-corrected chi connectivity index (χ4v) is 3.41. The molecule has 0 bridgehead atoms. The lowest BCUT2D eigenvalue weighted by Crippen LogP contribution is -2.05. The van der Waals surface area contributed by atoms with Crippen molar-refractivity contribution in [2.75, 3.05) is 19.5 Å². The van der Waals surface area contributed by atoms with E-state index < -0.39 is 5.95 Å². The number of nitrogens with one attached hydrogen (secondary N) is 2. The number of hydrogen-bond acceptors (Lipinski definition) is 5. The van der Waals surface area contributed by atoms with Crippen LogP contribution in [-0.2, 0) is 13.0 Å². The lowest BCUT2D eigenvalue weighted by atomic mass is 10.1. The fraction of sp³-hybridized carbons (Fsp3) is 0.217. The summed E-state index contributed by atoms with van der Waals surface area (Å²) in [6, 6.07) is 11.1. The molecule has 4 rings (SSSR count).